The number of nitrogens with one attached hydrogen (secondary N) is 1. The summed E-state index contributed by atoms with van der Waals surface area (Å²) in [5, 5.41) is 12.3. The average Bonchev–Trinajstić information content (AvgIpc) is 2.97. The van der Waals surface area contributed by atoms with E-state index in [4.69, 9.17) is 0 Å². The van der Waals surface area contributed by atoms with Crippen molar-refractivity contribution in [1.29, 1.82) is 0 Å². The smallest absolute Gasteiger partial charge is 0.261 e. The van der Waals surface area contributed by atoms with E-state index in [2.05, 4.69) is 21.2 Å². The predicted molar refractivity (Wildman–Crippen MR) is 63.1 cm³/mol. The van der Waals surface area contributed by atoms with Gasteiger partial charge in [-0.05, 0) is 46.8 Å². The molecule has 0 aliphatic heterocycles. The van der Waals surface area contributed by atoms with Crippen molar-refractivity contribution in [2.75, 3.05) is 6.54 Å². The highest BCUT2D eigenvalue weighted by Gasteiger charge is 2.29. The van der Waals surface area contributed by atoms with E-state index in [1.807, 2.05) is 6.07 Å². The van der Waals surface area contributed by atoms with E-state index in [-0.39, 0.29) is 12.0 Å². The van der Waals surface area contributed by atoms with Gasteiger partial charge in [0.1, 0.15) is 0 Å². The number of hydrogen-bond donors (Lipinski definition) is 2. The summed E-state index contributed by atoms with van der Waals surface area (Å²) in [4.78, 5) is 12.2. The molecule has 1 saturated carbocycles. The van der Waals surface area contributed by atoms with Crippen molar-refractivity contribution >= 4 is 33.2 Å². The van der Waals surface area contributed by atoms with Gasteiger partial charge in [0.2, 0.25) is 0 Å². The van der Waals surface area contributed by atoms with Gasteiger partial charge in [-0.25, -0.2) is 0 Å². The molecule has 0 aromatic carbocycles. The van der Waals surface area contributed by atoms with Crippen LogP contribution in [-0.2, 0) is 0 Å². The van der Waals surface area contributed by atoms with Crippen LogP contribution in [0.5, 0.6) is 0 Å². The minimum Gasteiger partial charge on any atom is -0.391 e. The molecule has 82 valence electrons. The number of carbonyl (C=O) groups is 1. The molecule has 2 rings (SSSR count). The zero-order chi connectivity index (χ0) is 10.8. The van der Waals surface area contributed by atoms with Gasteiger partial charge in [0.05, 0.1) is 14.8 Å². The molecular formula is C10H12BrNO2S. The summed E-state index contributed by atoms with van der Waals surface area (Å²) in [6, 6.07) is 3.62. The molecule has 3 nitrogen and oxygen atoms in total. The van der Waals surface area contributed by atoms with Crippen LogP contribution in [0.4, 0.5) is 0 Å². The number of hydrogen-bond acceptors (Lipinski definition) is 3. The van der Waals surface area contributed by atoms with E-state index in [1.54, 1.807) is 6.07 Å². The van der Waals surface area contributed by atoms with Crippen molar-refractivity contribution < 1.29 is 9.90 Å². The summed E-state index contributed by atoms with van der Waals surface area (Å²) >= 11 is 4.70. The lowest BCUT2D eigenvalue weighted by Gasteiger charge is -2.09. The Balaban J connectivity index is 1.81. The molecule has 0 spiro atoms. The van der Waals surface area contributed by atoms with E-state index in [9.17, 15) is 9.90 Å². The second kappa shape index (κ2) is 4.63. The first-order valence-corrected chi connectivity index (χ1v) is 6.49. The Bertz CT molecular complexity index is 362. The molecule has 1 heterocycles. The summed E-state index contributed by atoms with van der Waals surface area (Å²) < 4.78 is 0.940. The highest BCUT2D eigenvalue weighted by Crippen LogP contribution is 2.32. The topological polar surface area (TPSA) is 49.3 Å². The number of amides is 1. The summed E-state index contributed by atoms with van der Waals surface area (Å²) in [6.45, 7) is 0.360. The van der Waals surface area contributed by atoms with Crippen LogP contribution in [0.15, 0.2) is 15.9 Å². The fourth-order valence-electron chi connectivity index (χ4n) is 1.37. The third-order valence-electron chi connectivity index (χ3n) is 2.43. The molecule has 1 aromatic rings. The highest BCUT2D eigenvalue weighted by molar-refractivity contribution is 9.11. The Morgan fingerprint density at radius 2 is 2.40 bits per heavy atom. The average molecular weight is 290 g/mol. The molecule has 1 aliphatic rings. The number of halogens is 1. The Morgan fingerprint density at radius 1 is 1.67 bits per heavy atom. The summed E-state index contributed by atoms with van der Waals surface area (Å²) in [7, 11) is 0. The molecule has 1 unspecified atom stereocenters. The minimum atomic E-state index is -0.377. The Morgan fingerprint density at radius 3 is 2.93 bits per heavy atom. The SMILES string of the molecule is O=C(NCC(O)C1CC1)c1ccc(Br)s1. The quantitative estimate of drug-likeness (QED) is 0.891. The highest BCUT2D eigenvalue weighted by atomic mass is 79.9. The van der Waals surface area contributed by atoms with Crippen molar-refractivity contribution in [1.82, 2.24) is 5.32 Å². The summed E-state index contributed by atoms with van der Waals surface area (Å²) in [6.07, 6.45) is 1.79. The molecule has 0 bridgehead atoms. The van der Waals surface area contributed by atoms with Gasteiger partial charge >= 0.3 is 0 Å². The van der Waals surface area contributed by atoms with Gasteiger partial charge in [-0.3, -0.25) is 4.79 Å². The molecule has 5 heteroatoms. The molecule has 1 fully saturated rings. The van der Waals surface area contributed by atoms with Crippen molar-refractivity contribution in [3.63, 3.8) is 0 Å². The zero-order valence-electron chi connectivity index (χ0n) is 8.07. The first-order chi connectivity index (χ1) is 7.16. The van der Waals surface area contributed by atoms with Gasteiger partial charge in [0.25, 0.3) is 5.91 Å². The van der Waals surface area contributed by atoms with Crippen molar-refractivity contribution in [3.05, 3.63) is 20.8 Å². The van der Waals surface area contributed by atoms with Gasteiger partial charge in [-0.2, -0.15) is 0 Å². The van der Waals surface area contributed by atoms with Crippen LogP contribution in [0.1, 0.15) is 22.5 Å². The first-order valence-electron chi connectivity index (χ1n) is 4.88. The fourth-order valence-corrected chi connectivity index (χ4v) is 2.67. The standard InChI is InChI=1S/C10H12BrNO2S/c11-9-4-3-8(15-9)10(14)12-5-7(13)6-1-2-6/h3-4,6-7,13H,1-2,5H2,(H,12,14). The van der Waals surface area contributed by atoms with Crippen LogP contribution in [0, 0.1) is 5.92 Å². The first kappa shape index (κ1) is 11.1. The lowest BCUT2D eigenvalue weighted by atomic mass is 10.2. The zero-order valence-corrected chi connectivity index (χ0v) is 10.5. The number of aliphatic hydroxyl groups is 1. The second-order valence-electron chi connectivity index (χ2n) is 3.72. The molecule has 1 amide bonds. The third kappa shape index (κ3) is 3.03. The summed E-state index contributed by atoms with van der Waals surface area (Å²) in [5.74, 6) is 0.297. The number of aliphatic hydroxyl groups excluding tert-OH is 1. The third-order valence-corrected chi connectivity index (χ3v) is 4.06. The van der Waals surface area contributed by atoms with Gasteiger partial charge in [-0.1, -0.05) is 0 Å². The van der Waals surface area contributed by atoms with Crippen molar-refractivity contribution in [3.8, 4) is 0 Å². The lowest BCUT2D eigenvalue weighted by Crippen LogP contribution is -2.32. The van der Waals surface area contributed by atoms with Gasteiger partial charge in [-0.15, -0.1) is 11.3 Å². The maximum atomic E-state index is 11.6. The van der Waals surface area contributed by atoms with Gasteiger partial charge in [0.15, 0.2) is 0 Å². The normalized spacial score (nSPS) is 17.5. The molecule has 1 aromatic heterocycles. The maximum absolute atomic E-state index is 11.6. The number of thiophene rings is 1. The Hall–Kier alpha value is -0.390. The fraction of sp³-hybridized carbons (Fsp3) is 0.500. The number of carbonyl (C=O) groups excluding carboxylic acids is 1. The van der Waals surface area contributed by atoms with Crippen LogP contribution in [0.25, 0.3) is 0 Å². The van der Waals surface area contributed by atoms with Gasteiger partial charge in [0, 0.05) is 6.54 Å². The van der Waals surface area contributed by atoms with Crippen LogP contribution < -0.4 is 5.32 Å². The van der Waals surface area contributed by atoms with Crippen molar-refractivity contribution in [2.24, 2.45) is 5.92 Å². The molecular weight excluding hydrogens is 278 g/mol. The monoisotopic (exact) mass is 289 g/mol. The van der Waals surface area contributed by atoms with E-state index in [0.717, 1.165) is 16.6 Å². The molecule has 0 radical (unpaired) electrons. The molecule has 1 aliphatic carbocycles. The Labute approximate surface area is 101 Å². The van der Waals surface area contributed by atoms with Crippen LogP contribution >= 0.6 is 27.3 Å². The summed E-state index contributed by atoms with van der Waals surface area (Å²) in [5.41, 5.74) is 0. The van der Waals surface area contributed by atoms with E-state index >= 15 is 0 Å². The Kier molecular flexibility index (Phi) is 3.43. The van der Waals surface area contributed by atoms with Crippen molar-refractivity contribution in [2.45, 2.75) is 18.9 Å². The number of rotatable bonds is 4. The second-order valence-corrected chi connectivity index (χ2v) is 6.18. The lowest BCUT2D eigenvalue weighted by molar-refractivity contribution is 0.0905. The minimum absolute atomic E-state index is 0.106. The molecule has 15 heavy (non-hydrogen) atoms. The van der Waals surface area contributed by atoms with Crippen LogP contribution in [-0.4, -0.2) is 23.7 Å². The van der Waals surface area contributed by atoms with E-state index in [1.165, 1.54) is 11.3 Å². The molecule has 0 saturated heterocycles. The van der Waals surface area contributed by atoms with Gasteiger partial charge < -0.3 is 10.4 Å². The van der Waals surface area contributed by atoms with Crippen LogP contribution in [0.2, 0.25) is 0 Å². The van der Waals surface area contributed by atoms with E-state index < -0.39 is 0 Å². The predicted octanol–water partition coefficient (Wildman–Crippen LogP) is 2.01. The molecule has 1 atom stereocenters. The van der Waals surface area contributed by atoms with E-state index in [0.29, 0.717) is 17.3 Å². The molecule has 2 N–H and O–H groups in total. The largest absolute Gasteiger partial charge is 0.391 e. The van der Waals surface area contributed by atoms with Crippen LogP contribution in [0.3, 0.4) is 0 Å². The maximum Gasteiger partial charge on any atom is 0.261 e.